The van der Waals surface area contributed by atoms with Crippen LogP contribution in [-0.4, -0.2) is 0 Å². The summed E-state index contributed by atoms with van der Waals surface area (Å²) in [5.41, 5.74) is 6.16. The highest BCUT2D eigenvalue weighted by Gasteiger charge is 2.09. The molecule has 0 heterocycles. The SMILES string of the molecule is c1ccc2c(c1)CCc1ccccc1CC2. The molecule has 0 spiro atoms. The van der Waals surface area contributed by atoms with Crippen LogP contribution in [-0.2, 0) is 25.7 Å². The molecule has 0 unspecified atom stereocenters. The van der Waals surface area contributed by atoms with Gasteiger partial charge in [-0.3, -0.25) is 0 Å². The summed E-state index contributed by atoms with van der Waals surface area (Å²) < 4.78 is 0. The molecule has 0 nitrogen and oxygen atoms in total. The largest absolute Gasteiger partial charge is 0.0620 e. The van der Waals surface area contributed by atoms with Gasteiger partial charge in [-0.2, -0.15) is 0 Å². The minimum absolute atomic E-state index is 1.19. The molecule has 0 atom stereocenters. The van der Waals surface area contributed by atoms with E-state index in [0.717, 1.165) is 0 Å². The van der Waals surface area contributed by atoms with Gasteiger partial charge in [0.15, 0.2) is 0 Å². The van der Waals surface area contributed by atoms with Gasteiger partial charge in [0, 0.05) is 0 Å². The summed E-state index contributed by atoms with van der Waals surface area (Å²) >= 11 is 0. The molecule has 0 amide bonds. The molecule has 0 aromatic heterocycles. The maximum Gasteiger partial charge on any atom is -0.0235 e. The Kier molecular flexibility index (Phi) is 2.49. The Morgan fingerprint density at radius 1 is 0.438 bits per heavy atom. The van der Waals surface area contributed by atoms with Crippen LogP contribution in [0.15, 0.2) is 48.5 Å². The number of hydrogen-bond acceptors (Lipinski definition) is 0. The van der Waals surface area contributed by atoms with Gasteiger partial charge < -0.3 is 0 Å². The average Bonchev–Trinajstić information content (AvgIpc) is 2.32. The van der Waals surface area contributed by atoms with Crippen LogP contribution in [0.1, 0.15) is 22.3 Å². The molecule has 0 N–H and O–H groups in total. The second kappa shape index (κ2) is 4.13. The van der Waals surface area contributed by atoms with Gasteiger partial charge in [0.2, 0.25) is 0 Å². The first kappa shape index (κ1) is 9.65. The Morgan fingerprint density at radius 3 is 0.938 bits per heavy atom. The summed E-state index contributed by atoms with van der Waals surface area (Å²) in [4.78, 5) is 0. The van der Waals surface area contributed by atoms with Crippen LogP contribution in [0.4, 0.5) is 0 Å². The molecule has 0 aliphatic heterocycles. The molecule has 0 radical (unpaired) electrons. The van der Waals surface area contributed by atoms with E-state index in [1.165, 1.54) is 47.9 Å². The predicted molar refractivity (Wildman–Crippen MR) is 67.7 cm³/mol. The number of hydrogen-bond donors (Lipinski definition) is 0. The Bertz CT molecular complexity index is 403. The molecule has 16 heavy (non-hydrogen) atoms. The first-order valence-electron chi connectivity index (χ1n) is 6.07. The van der Waals surface area contributed by atoms with E-state index < -0.39 is 0 Å². The molecule has 0 heteroatoms. The zero-order valence-electron chi connectivity index (χ0n) is 9.45. The third-order valence-electron chi connectivity index (χ3n) is 3.56. The molecule has 1 aliphatic rings. The topological polar surface area (TPSA) is 0 Å². The molecule has 0 fully saturated rings. The van der Waals surface area contributed by atoms with E-state index in [-0.39, 0.29) is 0 Å². The van der Waals surface area contributed by atoms with E-state index in [4.69, 9.17) is 0 Å². The highest BCUT2D eigenvalue weighted by atomic mass is 14.1. The minimum Gasteiger partial charge on any atom is -0.0620 e. The Morgan fingerprint density at radius 2 is 0.688 bits per heavy atom. The van der Waals surface area contributed by atoms with Gasteiger partial charge >= 0.3 is 0 Å². The van der Waals surface area contributed by atoms with Gasteiger partial charge in [0.05, 0.1) is 0 Å². The van der Waals surface area contributed by atoms with Gasteiger partial charge in [-0.15, -0.1) is 0 Å². The first-order chi connectivity index (χ1) is 7.93. The van der Waals surface area contributed by atoms with Crippen molar-refractivity contribution in [1.82, 2.24) is 0 Å². The quantitative estimate of drug-likeness (QED) is 0.621. The van der Waals surface area contributed by atoms with Crippen molar-refractivity contribution in [2.45, 2.75) is 25.7 Å². The van der Waals surface area contributed by atoms with E-state index >= 15 is 0 Å². The lowest BCUT2D eigenvalue weighted by Crippen LogP contribution is -2.06. The van der Waals surface area contributed by atoms with Crippen molar-refractivity contribution in [3.63, 3.8) is 0 Å². The van der Waals surface area contributed by atoms with Crippen molar-refractivity contribution in [1.29, 1.82) is 0 Å². The smallest absolute Gasteiger partial charge is 0.0235 e. The van der Waals surface area contributed by atoms with Gasteiger partial charge in [-0.1, -0.05) is 48.5 Å². The molecule has 3 rings (SSSR count). The fourth-order valence-corrected chi connectivity index (χ4v) is 2.63. The van der Waals surface area contributed by atoms with Crippen molar-refractivity contribution in [2.75, 3.05) is 0 Å². The summed E-state index contributed by atoms with van der Waals surface area (Å²) in [6, 6.07) is 17.8. The van der Waals surface area contributed by atoms with Gasteiger partial charge in [0.25, 0.3) is 0 Å². The van der Waals surface area contributed by atoms with Gasteiger partial charge in [-0.25, -0.2) is 0 Å². The van der Waals surface area contributed by atoms with Crippen molar-refractivity contribution >= 4 is 0 Å². The van der Waals surface area contributed by atoms with Gasteiger partial charge in [-0.05, 0) is 47.9 Å². The Balaban J connectivity index is 1.97. The number of benzene rings is 2. The fourth-order valence-electron chi connectivity index (χ4n) is 2.63. The van der Waals surface area contributed by atoms with E-state index in [9.17, 15) is 0 Å². The molecular formula is C16H16. The maximum atomic E-state index is 2.28. The van der Waals surface area contributed by atoms with Crippen molar-refractivity contribution in [3.05, 3.63) is 70.8 Å². The third-order valence-corrected chi connectivity index (χ3v) is 3.56. The number of rotatable bonds is 0. The fraction of sp³-hybridized carbons (Fsp3) is 0.250. The first-order valence-corrected chi connectivity index (χ1v) is 6.07. The maximum absolute atomic E-state index is 2.28. The second-order valence-electron chi connectivity index (χ2n) is 4.54. The summed E-state index contributed by atoms with van der Waals surface area (Å²) in [5.74, 6) is 0. The highest BCUT2D eigenvalue weighted by molar-refractivity contribution is 5.35. The van der Waals surface area contributed by atoms with Crippen molar-refractivity contribution in [3.8, 4) is 0 Å². The van der Waals surface area contributed by atoms with Crippen LogP contribution in [0.5, 0.6) is 0 Å². The molecule has 2 aromatic rings. The lowest BCUT2D eigenvalue weighted by molar-refractivity contribution is 0.839. The minimum atomic E-state index is 1.19. The summed E-state index contributed by atoms with van der Waals surface area (Å²) in [5, 5.41) is 0. The molecule has 0 saturated carbocycles. The lowest BCUT2D eigenvalue weighted by Gasteiger charge is -2.16. The van der Waals surface area contributed by atoms with Crippen LogP contribution in [0.25, 0.3) is 0 Å². The summed E-state index contributed by atoms with van der Waals surface area (Å²) in [6.07, 6.45) is 4.75. The normalized spacial score (nSPS) is 14.5. The molecule has 2 aromatic carbocycles. The predicted octanol–water partition coefficient (Wildman–Crippen LogP) is 3.57. The van der Waals surface area contributed by atoms with Crippen LogP contribution in [0, 0.1) is 0 Å². The molecule has 1 aliphatic carbocycles. The van der Waals surface area contributed by atoms with Crippen LogP contribution < -0.4 is 0 Å². The zero-order valence-corrected chi connectivity index (χ0v) is 9.45. The second-order valence-corrected chi connectivity index (χ2v) is 4.54. The van der Waals surface area contributed by atoms with Crippen molar-refractivity contribution in [2.24, 2.45) is 0 Å². The van der Waals surface area contributed by atoms with Crippen molar-refractivity contribution < 1.29 is 0 Å². The standard InChI is InChI=1S/C16H16/c1-2-6-14-11-12-16-8-4-3-7-15(16)10-9-13(14)5-1/h1-8H,9-12H2. The van der Waals surface area contributed by atoms with Crippen LogP contribution >= 0.6 is 0 Å². The lowest BCUT2D eigenvalue weighted by atomic mass is 9.89. The van der Waals surface area contributed by atoms with E-state index in [1.54, 1.807) is 0 Å². The van der Waals surface area contributed by atoms with Gasteiger partial charge in [0.1, 0.15) is 0 Å². The molecule has 0 saturated heterocycles. The highest BCUT2D eigenvalue weighted by Crippen LogP contribution is 2.21. The molecular weight excluding hydrogens is 192 g/mol. The Labute approximate surface area is 96.9 Å². The zero-order chi connectivity index (χ0) is 10.8. The summed E-state index contributed by atoms with van der Waals surface area (Å²) in [6.45, 7) is 0. The average molecular weight is 208 g/mol. The number of fused-ring (bicyclic) bond motifs is 2. The van der Waals surface area contributed by atoms with Crippen LogP contribution in [0.3, 0.4) is 0 Å². The monoisotopic (exact) mass is 208 g/mol. The molecule has 0 bridgehead atoms. The summed E-state index contributed by atoms with van der Waals surface area (Å²) in [7, 11) is 0. The van der Waals surface area contributed by atoms with E-state index in [2.05, 4.69) is 48.5 Å². The van der Waals surface area contributed by atoms with Crippen LogP contribution in [0.2, 0.25) is 0 Å². The third kappa shape index (κ3) is 1.76. The Hall–Kier alpha value is -1.56. The van der Waals surface area contributed by atoms with E-state index in [0.29, 0.717) is 0 Å². The molecule has 80 valence electrons. The number of aryl methyl sites for hydroxylation is 4. The van der Waals surface area contributed by atoms with E-state index in [1.807, 2.05) is 0 Å².